The fourth-order valence-electron chi connectivity index (χ4n) is 2.26. The number of nitrogens with zero attached hydrogens (tertiary/aromatic N) is 3. The van der Waals surface area contributed by atoms with Crippen LogP contribution < -0.4 is 11.4 Å². The summed E-state index contributed by atoms with van der Waals surface area (Å²) < 4.78 is 6.71. The SMILES string of the molecule is Nc1ncnc2c1[nH]c(=O)n2C1CC(O)[C@@H](CO)O1. The number of nitrogens with one attached hydrogen (secondary N) is 1. The van der Waals surface area contributed by atoms with Gasteiger partial charge in [-0.15, -0.1) is 0 Å². The molecule has 1 aliphatic heterocycles. The highest BCUT2D eigenvalue weighted by Gasteiger charge is 2.36. The summed E-state index contributed by atoms with van der Waals surface area (Å²) in [5.41, 5.74) is 5.85. The van der Waals surface area contributed by atoms with E-state index in [0.717, 1.165) is 0 Å². The summed E-state index contributed by atoms with van der Waals surface area (Å²) in [4.78, 5) is 22.3. The van der Waals surface area contributed by atoms with Gasteiger partial charge in [0.2, 0.25) is 0 Å². The molecule has 19 heavy (non-hydrogen) atoms. The number of aliphatic hydroxyl groups is 2. The second kappa shape index (κ2) is 4.30. The van der Waals surface area contributed by atoms with E-state index < -0.39 is 24.1 Å². The smallest absolute Gasteiger partial charge is 0.329 e. The number of rotatable bonds is 2. The molecule has 5 N–H and O–H groups in total. The molecule has 1 fully saturated rings. The Bertz CT molecular complexity index is 665. The van der Waals surface area contributed by atoms with Gasteiger partial charge >= 0.3 is 5.69 Å². The van der Waals surface area contributed by atoms with Gasteiger partial charge in [0.25, 0.3) is 0 Å². The first-order valence-corrected chi connectivity index (χ1v) is 5.77. The standard InChI is InChI=1S/C10H13N5O4/c11-8-7-9(13-3-12-8)15(10(18)14-7)6-1-4(17)5(2-16)19-6/h3-6,16-17H,1-2H2,(H,14,18)(H2,11,12,13)/t4?,5-,6?/m1/s1. The highest BCUT2D eigenvalue weighted by atomic mass is 16.5. The van der Waals surface area contributed by atoms with Crippen molar-refractivity contribution in [2.24, 2.45) is 0 Å². The zero-order valence-corrected chi connectivity index (χ0v) is 9.85. The normalized spacial score (nSPS) is 27.2. The lowest BCUT2D eigenvalue weighted by Gasteiger charge is -2.12. The molecule has 2 aromatic rings. The zero-order chi connectivity index (χ0) is 13.6. The fourth-order valence-corrected chi connectivity index (χ4v) is 2.26. The minimum Gasteiger partial charge on any atom is -0.394 e. The van der Waals surface area contributed by atoms with E-state index in [1.807, 2.05) is 0 Å². The highest BCUT2D eigenvalue weighted by Crippen LogP contribution is 2.29. The summed E-state index contributed by atoms with van der Waals surface area (Å²) in [5.74, 6) is 0.165. The fraction of sp³-hybridized carbons (Fsp3) is 0.500. The predicted octanol–water partition coefficient (Wildman–Crippen LogP) is -1.66. The van der Waals surface area contributed by atoms with E-state index in [4.69, 9.17) is 15.6 Å². The molecule has 1 aliphatic rings. The summed E-state index contributed by atoms with van der Waals surface area (Å²) in [6, 6.07) is 0. The van der Waals surface area contributed by atoms with Gasteiger partial charge in [0.15, 0.2) is 11.5 Å². The second-order valence-electron chi connectivity index (χ2n) is 4.37. The average molecular weight is 267 g/mol. The third-order valence-corrected chi connectivity index (χ3v) is 3.21. The number of hydrogen-bond donors (Lipinski definition) is 4. The second-order valence-corrected chi connectivity index (χ2v) is 4.37. The Balaban J connectivity index is 2.09. The highest BCUT2D eigenvalue weighted by molar-refractivity contribution is 5.81. The van der Waals surface area contributed by atoms with Crippen molar-refractivity contribution < 1.29 is 14.9 Å². The van der Waals surface area contributed by atoms with E-state index in [1.165, 1.54) is 10.9 Å². The first-order valence-electron chi connectivity index (χ1n) is 5.77. The van der Waals surface area contributed by atoms with Crippen LogP contribution in [0.1, 0.15) is 12.6 Å². The Morgan fingerprint density at radius 3 is 3.05 bits per heavy atom. The maximum atomic E-state index is 11.9. The van der Waals surface area contributed by atoms with Gasteiger partial charge in [0.05, 0.1) is 12.7 Å². The molecule has 0 aliphatic carbocycles. The predicted molar refractivity (Wildman–Crippen MR) is 64.2 cm³/mol. The van der Waals surface area contributed by atoms with Crippen LogP contribution in [0.3, 0.4) is 0 Å². The maximum Gasteiger partial charge on any atom is 0.329 e. The number of aromatic nitrogens is 4. The molecule has 9 nitrogen and oxygen atoms in total. The van der Waals surface area contributed by atoms with Crippen LogP contribution in [0.25, 0.3) is 11.2 Å². The Morgan fingerprint density at radius 1 is 1.58 bits per heavy atom. The van der Waals surface area contributed by atoms with Crippen LogP contribution in [0.4, 0.5) is 5.82 Å². The largest absolute Gasteiger partial charge is 0.394 e. The maximum absolute atomic E-state index is 11.9. The number of fused-ring (bicyclic) bond motifs is 1. The van der Waals surface area contributed by atoms with E-state index in [0.29, 0.717) is 11.2 Å². The number of imidazole rings is 1. The number of ether oxygens (including phenoxy) is 1. The van der Waals surface area contributed by atoms with Gasteiger partial charge in [-0.05, 0) is 0 Å². The molecule has 0 spiro atoms. The topological polar surface area (TPSA) is 139 Å². The zero-order valence-electron chi connectivity index (χ0n) is 9.85. The summed E-state index contributed by atoms with van der Waals surface area (Å²) in [5, 5.41) is 18.8. The Hall–Kier alpha value is -1.97. The molecule has 9 heteroatoms. The third-order valence-electron chi connectivity index (χ3n) is 3.21. The molecule has 1 saturated heterocycles. The molecule has 3 rings (SSSR count). The molecule has 0 radical (unpaired) electrons. The molecular formula is C10H13N5O4. The van der Waals surface area contributed by atoms with Crippen LogP contribution in [0.5, 0.6) is 0 Å². The Kier molecular flexibility index (Phi) is 2.73. The number of H-pyrrole nitrogens is 1. The third kappa shape index (κ3) is 1.79. The average Bonchev–Trinajstić information content (AvgIpc) is 2.90. The Labute approximate surface area is 106 Å². The van der Waals surface area contributed by atoms with Gasteiger partial charge in [0.1, 0.15) is 24.2 Å². The van der Waals surface area contributed by atoms with Gasteiger partial charge in [-0.2, -0.15) is 0 Å². The van der Waals surface area contributed by atoms with Crippen molar-refractivity contribution in [1.29, 1.82) is 0 Å². The molecule has 3 heterocycles. The van der Waals surface area contributed by atoms with Crippen molar-refractivity contribution in [3.8, 4) is 0 Å². The molecule has 0 saturated carbocycles. The van der Waals surface area contributed by atoms with E-state index >= 15 is 0 Å². The van der Waals surface area contributed by atoms with Gasteiger partial charge < -0.3 is 25.7 Å². The first kappa shape index (κ1) is 12.1. The van der Waals surface area contributed by atoms with Gasteiger partial charge in [0, 0.05) is 6.42 Å². The van der Waals surface area contributed by atoms with E-state index in [1.54, 1.807) is 0 Å². The van der Waals surface area contributed by atoms with Crippen LogP contribution >= 0.6 is 0 Å². The molecule has 2 aromatic heterocycles. The van der Waals surface area contributed by atoms with Crippen molar-refractivity contribution in [3.05, 3.63) is 16.8 Å². The lowest BCUT2D eigenvalue weighted by molar-refractivity contribution is -0.0441. The van der Waals surface area contributed by atoms with Crippen LogP contribution in [0.15, 0.2) is 11.1 Å². The summed E-state index contributed by atoms with van der Waals surface area (Å²) in [6.07, 6.45) is -0.784. The molecule has 0 amide bonds. The van der Waals surface area contributed by atoms with Gasteiger partial charge in [-0.1, -0.05) is 0 Å². The quantitative estimate of drug-likeness (QED) is 0.510. The molecule has 2 unspecified atom stereocenters. The monoisotopic (exact) mass is 267 g/mol. The van der Waals surface area contributed by atoms with E-state index in [9.17, 15) is 9.90 Å². The molecule has 0 aromatic carbocycles. The molecule has 102 valence electrons. The number of nitrogen functional groups attached to an aromatic ring is 1. The van der Waals surface area contributed by atoms with E-state index in [2.05, 4.69) is 15.0 Å². The van der Waals surface area contributed by atoms with Crippen LogP contribution in [0, 0.1) is 0 Å². The Morgan fingerprint density at radius 2 is 2.37 bits per heavy atom. The lowest BCUT2D eigenvalue weighted by atomic mass is 10.2. The van der Waals surface area contributed by atoms with Crippen molar-refractivity contribution >= 4 is 17.0 Å². The van der Waals surface area contributed by atoms with Crippen molar-refractivity contribution in [2.75, 3.05) is 12.3 Å². The first-order chi connectivity index (χ1) is 9.11. The summed E-state index contributed by atoms with van der Waals surface area (Å²) in [7, 11) is 0. The lowest BCUT2D eigenvalue weighted by Crippen LogP contribution is -2.25. The van der Waals surface area contributed by atoms with Crippen LogP contribution in [-0.4, -0.2) is 48.5 Å². The molecule has 3 atom stereocenters. The molecule has 0 bridgehead atoms. The summed E-state index contributed by atoms with van der Waals surface area (Å²) >= 11 is 0. The van der Waals surface area contributed by atoms with Gasteiger partial charge in [-0.3, -0.25) is 0 Å². The number of nitrogens with two attached hydrogens (primary N) is 1. The van der Waals surface area contributed by atoms with Crippen LogP contribution in [0.2, 0.25) is 0 Å². The van der Waals surface area contributed by atoms with E-state index in [-0.39, 0.29) is 18.8 Å². The number of aromatic amines is 1. The van der Waals surface area contributed by atoms with Crippen LogP contribution in [-0.2, 0) is 4.74 Å². The van der Waals surface area contributed by atoms with Crippen molar-refractivity contribution in [2.45, 2.75) is 24.9 Å². The van der Waals surface area contributed by atoms with Crippen molar-refractivity contribution in [1.82, 2.24) is 19.5 Å². The number of anilines is 1. The minimum absolute atomic E-state index is 0.165. The van der Waals surface area contributed by atoms with Crippen molar-refractivity contribution in [3.63, 3.8) is 0 Å². The van der Waals surface area contributed by atoms with Gasteiger partial charge in [-0.25, -0.2) is 19.3 Å². The number of aliphatic hydroxyl groups excluding tert-OH is 2. The minimum atomic E-state index is -0.828. The summed E-state index contributed by atoms with van der Waals surface area (Å²) in [6.45, 7) is -0.314. The number of hydrogen-bond acceptors (Lipinski definition) is 7. The molecular weight excluding hydrogens is 254 g/mol.